The van der Waals surface area contributed by atoms with Crippen LogP contribution in [0, 0.1) is 0 Å². The van der Waals surface area contributed by atoms with E-state index >= 15 is 0 Å². The van der Waals surface area contributed by atoms with Crippen LogP contribution in [0.5, 0.6) is 5.75 Å². The zero-order chi connectivity index (χ0) is 12.7. The number of imidazole rings is 1. The first-order chi connectivity index (χ1) is 8.69. The van der Waals surface area contributed by atoms with E-state index in [2.05, 4.69) is 16.9 Å². The number of likely N-dealkylation sites (N-methyl/N-ethyl adjacent to an activating group) is 1. The minimum absolute atomic E-state index is 0.0291. The second-order valence-electron chi connectivity index (χ2n) is 4.89. The third kappa shape index (κ3) is 1.71. The molecule has 0 spiro atoms. The molecule has 1 unspecified atom stereocenters. The van der Waals surface area contributed by atoms with Crippen molar-refractivity contribution in [2.75, 3.05) is 27.2 Å². The van der Waals surface area contributed by atoms with Crippen LogP contribution in [0.2, 0.25) is 0 Å². The number of ether oxygens (including phenoxy) is 1. The van der Waals surface area contributed by atoms with Gasteiger partial charge in [-0.05, 0) is 32.1 Å². The van der Waals surface area contributed by atoms with Crippen molar-refractivity contribution < 1.29 is 4.74 Å². The van der Waals surface area contributed by atoms with E-state index in [1.165, 1.54) is 0 Å². The Morgan fingerprint density at radius 1 is 1.44 bits per heavy atom. The van der Waals surface area contributed by atoms with Gasteiger partial charge in [0.1, 0.15) is 5.75 Å². The Kier molecular flexibility index (Phi) is 2.63. The first-order valence-corrected chi connectivity index (χ1v) is 6.16. The monoisotopic (exact) mass is 247 g/mol. The van der Waals surface area contributed by atoms with Crippen molar-refractivity contribution in [1.29, 1.82) is 0 Å². The number of aromatic amines is 1. The van der Waals surface area contributed by atoms with Gasteiger partial charge in [-0.25, -0.2) is 4.79 Å². The average Bonchev–Trinajstić information content (AvgIpc) is 2.90. The molecule has 1 atom stereocenters. The Hall–Kier alpha value is -1.75. The molecule has 5 nitrogen and oxygen atoms in total. The molecule has 1 aromatic heterocycles. The Labute approximate surface area is 105 Å². The van der Waals surface area contributed by atoms with E-state index in [9.17, 15) is 4.79 Å². The molecule has 0 aliphatic carbocycles. The van der Waals surface area contributed by atoms with Crippen LogP contribution in [0.25, 0.3) is 11.0 Å². The summed E-state index contributed by atoms with van der Waals surface area (Å²) >= 11 is 0. The Morgan fingerprint density at radius 2 is 2.28 bits per heavy atom. The van der Waals surface area contributed by atoms with Crippen molar-refractivity contribution in [2.24, 2.45) is 0 Å². The Balaban J connectivity index is 2.11. The van der Waals surface area contributed by atoms with Gasteiger partial charge in [-0.1, -0.05) is 0 Å². The molecule has 1 saturated heterocycles. The van der Waals surface area contributed by atoms with Crippen LogP contribution in [0.3, 0.4) is 0 Å². The fourth-order valence-corrected chi connectivity index (χ4v) is 2.72. The lowest BCUT2D eigenvalue weighted by Crippen LogP contribution is -2.24. The fourth-order valence-electron chi connectivity index (χ4n) is 2.72. The van der Waals surface area contributed by atoms with E-state index in [4.69, 9.17) is 4.74 Å². The molecule has 0 bridgehead atoms. The number of H-pyrrole nitrogens is 1. The molecular formula is C13H17N3O2. The summed E-state index contributed by atoms with van der Waals surface area (Å²) in [7, 11) is 3.71. The summed E-state index contributed by atoms with van der Waals surface area (Å²) in [6, 6.07) is 5.98. The normalized spacial score (nSPS) is 20.7. The quantitative estimate of drug-likeness (QED) is 0.868. The van der Waals surface area contributed by atoms with Gasteiger partial charge in [0.15, 0.2) is 0 Å². The van der Waals surface area contributed by atoms with E-state index in [1.807, 2.05) is 22.8 Å². The number of fused-ring (bicyclic) bond motifs is 1. The average molecular weight is 247 g/mol. The molecule has 1 fully saturated rings. The van der Waals surface area contributed by atoms with Gasteiger partial charge in [0.2, 0.25) is 0 Å². The number of methoxy groups -OCH3 is 1. The third-order valence-corrected chi connectivity index (χ3v) is 3.66. The van der Waals surface area contributed by atoms with Gasteiger partial charge >= 0.3 is 5.69 Å². The summed E-state index contributed by atoms with van der Waals surface area (Å²) in [5.74, 6) is 0.763. The van der Waals surface area contributed by atoms with E-state index in [1.54, 1.807) is 7.11 Å². The van der Waals surface area contributed by atoms with Crippen LogP contribution in [0.1, 0.15) is 12.5 Å². The molecule has 96 valence electrons. The molecule has 18 heavy (non-hydrogen) atoms. The van der Waals surface area contributed by atoms with Gasteiger partial charge < -0.3 is 14.6 Å². The van der Waals surface area contributed by atoms with Gasteiger partial charge in [0.25, 0.3) is 0 Å². The predicted octanol–water partition coefficient (Wildman–Crippen LogP) is 1.21. The number of hydrogen-bond acceptors (Lipinski definition) is 3. The lowest BCUT2D eigenvalue weighted by atomic mass is 10.2. The topological polar surface area (TPSA) is 50.3 Å². The fraction of sp³-hybridized carbons (Fsp3) is 0.462. The molecule has 3 rings (SSSR count). The van der Waals surface area contributed by atoms with Gasteiger partial charge in [-0.15, -0.1) is 0 Å². The zero-order valence-electron chi connectivity index (χ0n) is 10.6. The van der Waals surface area contributed by atoms with Crippen molar-refractivity contribution in [2.45, 2.75) is 12.5 Å². The summed E-state index contributed by atoms with van der Waals surface area (Å²) in [6.07, 6.45) is 1.02. The SMILES string of the molecule is COc1ccc2c(c1)[nH]c(=O)n2C1CCN(C)C1. The number of rotatable bonds is 2. The van der Waals surface area contributed by atoms with Crippen molar-refractivity contribution in [3.05, 3.63) is 28.7 Å². The first kappa shape index (κ1) is 11.3. The van der Waals surface area contributed by atoms with Crippen LogP contribution in [0.4, 0.5) is 0 Å². The molecule has 0 saturated carbocycles. The molecule has 2 heterocycles. The third-order valence-electron chi connectivity index (χ3n) is 3.66. The summed E-state index contributed by atoms with van der Waals surface area (Å²) in [5.41, 5.74) is 1.77. The number of benzene rings is 1. The maximum Gasteiger partial charge on any atom is 0.326 e. The summed E-state index contributed by atoms with van der Waals surface area (Å²) in [6.45, 7) is 1.97. The molecule has 1 aliphatic heterocycles. The molecule has 0 amide bonds. The maximum atomic E-state index is 12.1. The predicted molar refractivity (Wildman–Crippen MR) is 70.3 cm³/mol. The first-order valence-electron chi connectivity index (χ1n) is 6.16. The standard InChI is InChI=1S/C13H17N3O2/c1-15-6-5-9(8-15)16-12-4-3-10(18-2)7-11(12)14-13(16)17/h3-4,7,9H,5-6,8H2,1-2H3,(H,14,17). The number of likely N-dealkylation sites (tertiary alicyclic amines) is 1. The lowest BCUT2D eigenvalue weighted by Gasteiger charge is -2.12. The summed E-state index contributed by atoms with van der Waals surface area (Å²) < 4.78 is 7.05. The summed E-state index contributed by atoms with van der Waals surface area (Å²) in [5, 5.41) is 0. The van der Waals surface area contributed by atoms with E-state index in [0.717, 1.165) is 36.3 Å². The zero-order valence-corrected chi connectivity index (χ0v) is 10.6. The van der Waals surface area contributed by atoms with Crippen molar-refractivity contribution >= 4 is 11.0 Å². The second kappa shape index (κ2) is 4.17. The van der Waals surface area contributed by atoms with Crippen LogP contribution in [-0.4, -0.2) is 41.7 Å². The minimum Gasteiger partial charge on any atom is -0.497 e. The summed E-state index contributed by atoms with van der Waals surface area (Å²) in [4.78, 5) is 17.2. The number of nitrogens with zero attached hydrogens (tertiary/aromatic N) is 2. The molecular weight excluding hydrogens is 230 g/mol. The second-order valence-corrected chi connectivity index (χ2v) is 4.89. The maximum absolute atomic E-state index is 12.1. The number of aromatic nitrogens is 2. The van der Waals surface area contributed by atoms with E-state index < -0.39 is 0 Å². The van der Waals surface area contributed by atoms with Gasteiger partial charge in [-0.2, -0.15) is 0 Å². The van der Waals surface area contributed by atoms with Crippen molar-refractivity contribution in [3.63, 3.8) is 0 Å². The molecule has 0 radical (unpaired) electrons. The van der Waals surface area contributed by atoms with Gasteiger partial charge in [0, 0.05) is 12.6 Å². The highest BCUT2D eigenvalue weighted by molar-refractivity contribution is 5.77. The number of hydrogen-bond donors (Lipinski definition) is 1. The van der Waals surface area contributed by atoms with E-state index in [0.29, 0.717) is 0 Å². The number of nitrogens with one attached hydrogen (secondary N) is 1. The Bertz CT molecular complexity index is 629. The van der Waals surface area contributed by atoms with Crippen molar-refractivity contribution in [3.8, 4) is 5.75 Å². The molecule has 1 N–H and O–H groups in total. The smallest absolute Gasteiger partial charge is 0.326 e. The highest BCUT2D eigenvalue weighted by Crippen LogP contribution is 2.25. The van der Waals surface area contributed by atoms with Gasteiger partial charge in [0.05, 0.1) is 24.2 Å². The van der Waals surface area contributed by atoms with Crippen LogP contribution < -0.4 is 10.4 Å². The van der Waals surface area contributed by atoms with Crippen LogP contribution >= 0.6 is 0 Å². The highest BCUT2D eigenvalue weighted by Gasteiger charge is 2.24. The minimum atomic E-state index is -0.0291. The van der Waals surface area contributed by atoms with Crippen LogP contribution in [-0.2, 0) is 0 Å². The van der Waals surface area contributed by atoms with E-state index in [-0.39, 0.29) is 11.7 Å². The lowest BCUT2D eigenvalue weighted by molar-refractivity contribution is 0.392. The largest absolute Gasteiger partial charge is 0.497 e. The molecule has 5 heteroatoms. The van der Waals surface area contributed by atoms with Gasteiger partial charge in [-0.3, -0.25) is 4.57 Å². The highest BCUT2D eigenvalue weighted by atomic mass is 16.5. The van der Waals surface area contributed by atoms with Crippen LogP contribution in [0.15, 0.2) is 23.0 Å². The Morgan fingerprint density at radius 3 is 2.94 bits per heavy atom. The molecule has 1 aliphatic rings. The van der Waals surface area contributed by atoms with Crippen molar-refractivity contribution in [1.82, 2.24) is 14.5 Å². The molecule has 2 aromatic rings. The molecule has 1 aromatic carbocycles.